The molecule has 5 heteroatoms. The van der Waals surface area contributed by atoms with Gasteiger partial charge in [-0.05, 0) is 32.4 Å². The summed E-state index contributed by atoms with van der Waals surface area (Å²) >= 11 is 1.48. The predicted molar refractivity (Wildman–Crippen MR) is 90.1 cm³/mol. The lowest BCUT2D eigenvalue weighted by molar-refractivity contribution is 0.0679. The van der Waals surface area contributed by atoms with Crippen LogP contribution in [0.1, 0.15) is 22.5 Å². The van der Waals surface area contributed by atoms with Gasteiger partial charge in [-0.1, -0.05) is 30.3 Å². The molecule has 22 heavy (non-hydrogen) atoms. The molecule has 0 bridgehead atoms. The summed E-state index contributed by atoms with van der Waals surface area (Å²) in [5, 5.41) is 4.12. The smallest absolute Gasteiger partial charge is 0.265 e. The van der Waals surface area contributed by atoms with Crippen molar-refractivity contribution in [3.63, 3.8) is 0 Å². The zero-order valence-electron chi connectivity index (χ0n) is 12.8. The molecule has 2 aromatic rings. The van der Waals surface area contributed by atoms with Gasteiger partial charge in [0, 0.05) is 18.7 Å². The molecule has 1 aromatic carbocycles. The van der Waals surface area contributed by atoms with E-state index in [0.717, 1.165) is 41.5 Å². The number of thiazole rings is 1. The number of carbonyl (C=O) groups is 1. The molecule has 1 saturated heterocycles. The monoisotopic (exact) mass is 315 g/mol. The number of carbonyl (C=O) groups excluding carboxylic acids is 1. The minimum atomic E-state index is 0.125. The van der Waals surface area contributed by atoms with Gasteiger partial charge in [0.2, 0.25) is 0 Å². The van der Waals surface area contributed by atoms with Gasteiger partial charge in [0.1, 0.15) is 9.88 Å². The molecule has 1 aromatic heterocycles. The summed E-state index contributed by atoms with van der Waals surface area (Å²) in [6.07, 6.45) is 4.00. The third-order valence-corrected chi connectivity index (χ3v) is 5.07. The van der Waals surface area contributed by atoms with Gasteiger partial charge in [-0.3, -0.25) is 4.79 Å². The van der Waals surface area contributed by atoms with Gasteiger partial charge >= 0.3 is 0 Å². The summed E-state index contributed by atoms with van der Waals surface area (Å²) in [4.78, 5) is 19.8. The van der Waals surface area contributed by atoms with E-state index in [9.17, 15) is 4.79 Å². The molecule has 1 unspecified atom stereocenters. The van der Waals surface area contributed by atoms with Crippen LogP contribution in [0.25, 0.3) is 10.6 Å². The van der Waals surface area contributed by atoms with Gasteiger partial charge in [-0.2, -0.15) is 0 Å². The quantitative estimate of drug-likeness (QED) is 0.943. The standard InChI is InChI=1S/C17H21N3OS/c1-18-10-13-6-5-9-20(12-13)17(21)15-11-19-16(22-15)14-7-3-2-4-8-14/h2-4,7-8,11,13,18H,5-6,9-10,12H2,1H3. The SMILES string of the molecule is CNCC1CCCN(C(=O)c2cnc(-c3ccccc3)s2)C1. The van der Waals surface area contributed by atoms with E-state index >= 15 is 0 Å². The van der Waals surface area contributed by atoms with Crippen LogP contribution in [0.5, 0.6) is 0 Å². The summed E-state index contributed by atoms with van der Waals surface area (Å²) in [5.74, 6) is 0.685. The Bertz CT molecular complexity index is 624. The number of amides is 1. The van der Waals surface area contributed by atoms with Crippen LogP contribution in [0.2, 0.25) is 0 Å². The highest BCUT2D eigenvalue weighted by Gasteiger charge is 2.25. The fraction of sp³-hybridized carbons (Fsp3) is 0.412. The van der Waals surface area contributed by atoms with E-state index in [2.05, 4.69) is 10.3 Å². The molecule has 2 heterocycles. The highest BCUT2D eigenvalue weighted by Crippen LogP contribution is 2.27. The molecular weight excluding hydrogens is 294 g/mol. The Morgan fingerprint density at radius 1 is 1.41 bits per heavy atom. The molecule has 116 valence electrons. The Balaban J connectivity index is 1.71. The van der Waals surface area contributed by atoms with Crippen LogP contribution in [-0.2, 0) is 0 Å². The lowest BCUT2D eigenvalue weighted by Gasteiger charge is -2.32. The van der Waals surface area contributed by atoms with Crippen LogP contribution in [0.3, 0.4) is 0 Å². The highest BCUT2D eigenvalue weighted by molar-refractivity contribution is 7.16. The second-order valence-electron chi connectivity index (χ2n) is 5.71. The van der Waals surface area contributed by atoms with Crippen molar-refractivity contribution >= 4 is 17.2 Å². The summed E-state index contributed by atoms with van der Waals surface area (Å²) in [6, 6.07) is 10.0. The number of nitrogens with one attached hydrogen (secondary N) is 1. The summed E-state index contributed by atoms with van der Waals surface area (Å²) in [6.45, 7) is 2.68. The van der Waals surface area contributed by atoms with Crippen molar-refractivity contribution in [1.82, 2.24) is 15.2 Å². The number of hydrogen-bond acceptors (Lipinski definition) is 4. The Morgan fingerprint density at radius 2 is 2.23 bits per heavy atom. The first-order valence-electron chi connectivity index (χ1n) is 7.73. The van der Waals surface area contributed by atoms with Gasteiger partial charge in [-0.25, -0.2) is 4.98 Å². The fourth-order valence-corrected chi connectivity index (χ4v) is 3.84. The van der Waals surface area contributed by atoms with Crippen LogP contribution < -0.4 is 5.32 Å². The van der Waals surface area contributed by atoms with E-state index in [4.69, 9.17) is 0 Å². The van der Waals surface area contributed by atoms with Crippen molar-refractivity contribution in [2.75, 3.05) is 26.7 Å². The summed E-state index contributed by atoms with van der Waals surface area (Å²) in [5.41, 5.74) is 1.07. The third-order valence-electron chi connectivity index (χ3n) is 4.04. The normalized spacial score (nSPS) is 18.4. The molecule has 0 spiro atoms. The van der Waals surface area contributed by atoms with Crippen LogP contribution in [-0.4, -0.2) is 42.5 Å². The average Bonchev–Trinajstić information content (AvgIpc) is 3.05. The maximum Gasteiger partial charge on any atom is 0.265 e. The van der Waals surface area contributed by atoms with E-state index in [1.165, 1.54) is 17.8 Å². The van der Waals surface area contributed by atoms with Crippen LogP contribution in [0, 0.1) is 5.92 Å². The second kappa shape index (κ2) is 7.03. The molecule has 4 nitrogen and oxygen atoms in total. The Labute approximate surface area is 135 Å². The maximum atomic E-state index is 12.7. The van der Waals surface area contributed by atoms with E-state index in [1.54, 1.807) is 6.20 Å². The molecule has 3 rings (SSSR count). The molecule has 0 radical (unpaired) electrons. The van der Waals surface area contributed by atoms with Gasteiger partial charge in [0.05, 0.1) is 6.20 Å². The average molecular weight is 315 g/mol. The number of benzene rings is 1. The van der Waals surface area contributed by atoms with Crippen molar-refractivity contribution in [2.24, 2.45) is 5.92 Å². The summed E-state index contributed by atoms with van der Waals surface area (Å²) in [7, 11) is 1.97. The van der Waals surface area contributed by atoms with Crippen molar-refractivity contribution in [3.8, 4) is 10.6 Å². The number of hydrogen-bond donors (Lipinski definition) is 1. The molecule has 0 saturated carbocycles. The third kappa shape index (κ3) is 3.36. The Kier molecular flexibility index (Phi) is 4.85. The first-order valence-corrected chi connectivity index (χ1v) is 8.54. The number of likely N-dealkylation sites (tertiary alicyclic amines) is 1. The van der Waals surface area contributed by atoms with Gasteiger partial charge in [0.15, 0.2) is 0 Å². The molecular formula is C17H21N3OS. The molecule has 0 aliphatic carbocycles. The highest BCUT2D eigenvalue weighted by atomic mass is 32.1. The molecule has 1 atom stereocenters. The van der Waals surface area contributed by atoms with E-state index in [-0.39, 0.29) is 5.91 Å². The topological polar surface area (TPSA) is 45.2 Å². The van der Waals surface area contributed by atoms with Gasteiger partial charge in [0.25, 0.3) is 5.91 Å². The Hall–Kier alpha value is -1.72. The maximum absolute atomic E-state index is 12.7. The van der Waals surface area contributed by atoms with Gasteiger partial charge in [-0.15, -0.1) is 11.3 Å². The number of nitrogens with zero attached hydrogens (tertiary/aromatic N) is 2. The van der Waals surface area contributed by atoms with Gasteiger partial charge < -0.3 is 10.2 Å². The van der Waals surface area contributed by atoms with Crippen LogP contribution >= 0.6 is 11.3 Å². The van der Waals surface area contributed by atoms with E-state index in [0.29, 0.717) is 5.92 Å². The molecule has 1 aliphatic heterocycles. The second-order valence-corrected chi connectivity index (χ2v) is 6.74. The zero-order chi connectivity index (χ0) is 15.4. The van der Waals surface area contributed by atoms with Crippen molar-refractivity contribution in [1.29, 1.82) is 0 Å². The largest absolute Gasteiger partial charge is 0.338 e. The zero-order valence-corrected chi connectivity index (χ0v) is 13.6. The van der Waals surface area contributed by atoms with E-state index in [1.807, 2.05) is 42.3 Å². The lowest BCUT2D eigenvalue weighted by atomic mass is 9.98. The minimum Gasteiger partial charge on any atom is -0.338 e. The summed E-state index contributed by atoms with van der Waals surface area (Å²) < 4.78 is 0. The molecule has 1 fully saturated rings. The van der Waals surface area contributed by atoms with Crippen molar-refractivity contribution in [2.45, 2.75) is 12.8 Å². The molecule has 1 aliphatic rings. The number of aromatic nitrogens is 1. The van der Waals surface area contributed by atoms with Crippen molar-refractivity contribution in [3.05, 3.63) is 41.4 Å². The Morgan fingerprint density at radius 3 is 3.00 bits per heavy atom. The number of piperidine rings is 1. The predicted octanol–water partition coefficient (Wildman–Crippen LogP) is 2.88. The van der Waals surface area contributed by atoms with Crippen LogP contribution in [0.15, 0.2) is 36.5 Å². The first-order chi connectivity index (χ1) is 10.8. The first kappa shape index (κ1) is 15.2. The van der Waals surface area contributed by atoms with Crippen molar-refractivity contribution < 1.29 is 4.79 Å². The fourth-order valence-electron chi connectivity index (χ4n) is 2.95. The number of rotatable bonds is 4. The molecule has 1 amide bonds. The lowest BCUT2D eigenvalue weighted by Crippen LogP contribution is -2.42. The van der Waals surface area contributed by atoms with E-state index < -0.39 is 0 Å². The molecule has 1 N–H and O–H groups in total. The minimum absolute atomic E-state index is 0.125. The van der Waals surface area contributed by atoms with Crippen LogP contribution in [0.4, 0.5) is 0 Å².